The summed E-state index contributed by atoms with van der Waals surface area (Å²) in [5, 5.41) is 0. The van der Waals surface area contributed by atoms with Crippen LogP contribution in [0.2, 0.25) is 0 Å². The largest absolute Gasteiger partial charge is 0.243 e. The molecule has 0 aromatic carbocycles. The van der Waals surface area contributed by atoms with Crippen molar-refractivity contribution >= 4 is 11.0 Å². The summed E-state index contributed by atoms with van der Waals surface area (Å²) >= 11 is 0. The van der Waals surface area contributed by atoms with Crippen molar-refractivity contribution in [2.24, 2.45) is 0 Å². The minimum Gasteiger partial charge on any atom is -0.243 e. The third-order valence-corrected chi connectivity index (χ3v) is 2.92. The maximum atomic E-state index is 10.9. The van der Waals surface area contributed by atoms with Gasteiger partial charge in [0.05, 0.1) is 11.0 Å². The van der Waals surface area contributed by atoms with Crippen LogP contribution in [0.5, 0.6) is 0 Å². The van der Waals surface area contributed by atoms with E-state index in [1.165, 1.54) is 25.7 Å². The molecule has 3 heteroatoms. The highest BCUT2D eigenvalue weighted by Gasteiger charge is 2.17. The van der Waals surface area contributed by atoms with Crippen LogP contribution in [0, 0.1) is 0 Å². The molecule has 0 saturated carbocycles. The second-order valence-corrected chi connectivity index (χ2v) is 5.36. The van der Waals surface area contributed by atoms with Crippen LogP contribution in [-0.4, -0.2) is 16.0 Å². The third kappa shape index (κ3) is 21.9. The van der Waals surface area contributed by atoms with E-state index >= 15 is 0 Å². The Hall–Kier alpha value is 0.110. The van der Waals surface area contributed by atoms with Crippen molar-refractivity contribution < 1.29 is 5.64 Å². The monoisotopic (exact) mass is 267 g/mol. The molecule has 110 valence electrons. The molecule has 0 saturated heterocycles. The third-order valence-electron chi connectivity index (χ3n) is 2.08. The molecule has 0 fully saturated rings. The predicted octanol–water partition coefficient (Wildman–Crippen LogP) is 4.92. The van der Waals surface area contributed by atoms with Crippen molar-refractivity contribution in [1.29, 1.82) is 0 Å². The second-order valence-electron chi connectivity index (χ2n) is 4.25. The molecule has 0 aliphatic heterocycles. The van der Waals surface area contributed by atoms with Gasteiger partial charge in [-0.1, -0.05) is 60.3 Å². The van der Waals surface area contributed by atoms with E-state index < -0.39 is 11.0 Å². The fourth-order valence-electron chi connectivity index (χ4n) is 1.43. The number of hydrogen-bond acceptors (Lipinski definition) is 1. The summed E-state index contributed by atoms with van der Waals surface area (Å²) in [7, 11) is -0.892. The molecule has 0 bridgehead atoms. The highest BCUT2D eigenvalue weighted by molar-refractivity contribution is 7.82. The van der Waals surface area contributed by atoms with E-state index in [2.05, 4.69) is 25.5 Å². The molecule has 1 unspecified atom stereocenters. The van der Waals surface area contributed by atoms with Gasteiger partial charge in [0.1, 0.15) is 0 Å². The van der Waals surface area contributed by atoms with Gasteiger partial charge >= 0.3 is 0 Å². The zero-order valence-electron chi connectivity index (χ0n) is 13.4. The molecule has 2 nitrogen and oxygen atoms in total. The summed E-state index contributed by atoms with van der Waals surface area (Å²) < 4.78 is 14.0. The highest BCUT2D eigenvalue weighted by atomic mass is 32.2. The Balaban J connectivity index is -0.000000177. The van der Waals surface area contributed by atoms with Crippen LogP contribution in [0.4, 0.5) is 0 Å². The SMILES string of the molecule is CC.CC.CCCCCCC(C)(C)NS(C)=O.[HH]. The van der Waals surface area contributed by atoms with Crippen LogP contribution in [-0.2, 0) is 11.0 Å². The van der Waals surface area contributed by atoms with Crippen molar-refractivity contribution in [3.63, 3.8) is 0 Å². The first-order valence-electron chi connectivity index (χ1n) is 7.09. The molecule has 0 aliphatic carbocycles. The Morgan fingerprint density at radius 3 is 1.88 bits per heavy atom. The van der Waals surface area contributed by atoms with E-state index in [1.807, 2.05) is 27.7 Å². The fraction of sp³-hybridized carbons (Fsp3) is 1.00. The normalized spacial score (nSPS) is 11.8. The van der Waals surface area contributed by atoms with Crippen molar-refractivity contribution in [2.75, 3.05) is 6.26 Å². The second kappa shape index (κ2) is 16.1. The topological polar surface area (TPSA) is 29.1 Å². The van der Waals surface area contributed by atoms with Gasteiger partial charge < -0.3 is 0 Å². The van der Waals surface area contributed by atoms with E-state index in [9.17, 15) is 4.21 Å². The molecule has 17 heavy (non-hydrogen) atoms. The summed E-state index contributed by atoms with van der Waals surface area (Å²) in [6.45, 7) is 14.4. The maximum Gasteiger partial charge on any atom is 0.0888 e. The zero-order valence-corrected chi connectivity index (χ0v) is 14.2. The number of hydrogen-bond donors (Lipinski definition) is 1. The highest BCUT2D eigenvalue weighted by Crippen LogP contribution is 2.14. The average Bonchev–Trinajstić information content (AvgIpc) is 2.28. The van der Waals surface area contributed by atoms with Gasteiger partial charge in [-0.15, -0.1) is 0 Å². The van der Waals surface area contributed by atoms with Gasteiger partial charge in [0.25, 0.3) is 0 Å². The molecule has 0 rings (SSSR count). The Bertz CT molecular complexity index is 164. The summed E-state index contributed by atoms with van der Waals surface area (Å²) in [4.78, 5) is 0. The van der Waals surface area contributed by atoms with Crippen LogP contribution in [0.25, 0.3) is 0 Å². The van der Waals surface area contributed by atoms with Crippen LogP contribution in [0.3, 0.4) is 0 Å². The Morgan fingerprint density at radius 1 is 1.06 bits per heavy atom. The molecule has 0 aromatic heterocycles. The molecular formula is C14H37NOS. The van der Waals surface area contributed by atoms with Gasteiger partial charge in [0.15, 0.2) is 0 Å². The lowest BCUT2D eigenvalue weighted by atomic mass is 9.98. The fourth-order valence-corrected chi connectivity index (χ4v) is 2.31. The van der Waals surface area contributed by atoms with Gasteiger partial charge in [0.2, 0.25) is 0 Å². The van der Waals surface area contributed by atoms with Gasteiger partial charge in [-0.25, -0.2) is 8.93 Å². The Morgan fingerprint density at radius 2 is 1.53 bits per heavy atom. The first-order chi connectivity index (χ1) is 7.98. The van der Waals surface area contributed by atoms with Gasteiger partial charge in [-0.05, 0) is 20.3 Å². The average molecular weight is 268 g/mol. The lowest BCUT2D eigenvalue weighted by molar-refractivity contribution is 0.411. The van der Waals surface area contributed by atoms with Gasteiger partial charge in [-0.2, -0.15) is 0 Å². The van der Waals surface area contributed by atoms with Crippen molar-refractivity contribution in [1.82, 2.24) is 4.72 Å². The van der Waals surface area contributed by atoms with E-state index in [4.69, 9.17) is 0 Å². The molecule has 1 N–H and O–H groups in total. The van der Waals surface area contributed by atoms with Crippen molar-refractivity contribution in [2.45, 2.75) is 86.1 Å². The minimum atomic E-state index is -0.892. The summed E-state index contributed by atoms with van der Waals surface area (Å²) in [6, 6.07) is 0. The van der Waals surface area contributed by atoms with Crippen molar-refractivity contribution in [3.8, 4) is 0 Å². The van der Waals surface area contributed by atoms with E-state index in [-0.39, 0.29) is 6.97 Å². The van der Waals surface area contributed by atoms with Crippen LogP contribution in [0.1, 0.15) is 82.0 Å². The van der Waals surface area contributed by atoms with Gasteiger partial charge in [-0.3, -0.25) is 0 Å². The number of nitrogens with one attached hydrogen (secondary N) is 1. The summed E-state index contributed by atoms with van der Waals surface area (Å²) in [5.74, 6) is 0. The van der Waals surface area contributed by atoms with E-state index in [0.29, 0.717) is 0 Å². The number of unbranched alkanes of at least 4 members (excludes halogenated alkanes) is 3. The minimum absolute atomic E-state index is 0. The molecule has 1 atom stereocenters. The van der Waals surface area contributed by atoms with E-state index in [1.54, 1.807) is 6.26 Å². The maximum absolute atomic E-state index is 10.9. The Labute approximate surface area is 114 Å². The van der Waals surface area contributed by atoms with Gasteiger partial charge in [0, 0.05) is 13.2 Å². The van der Waals surface area contributed by atoms with Crippen LogP contribution in [0.15, 0.2) is 0 Å². The van der Waals surface area contributed by atoms with Crippen LogP contribution < -0.4 is 4.72 Å². The summed E-state index contributed by atoms with van der Waals surface area (Å²) in [6.07, 6.45) is 7.89. The lowest BCUT2D eigenvalue weighted by Gasteiger charge is -2.24. The lowest BCUT2D eigenvalue weighted by Crippen LogP contribution is -2.39. The molecule has 0 aliphatic rings. The molecule has 0 amide bonds. The Kier molecular flexibility index (Phi) is 21.1. The van der Waals surface area contributed by atoms with Crippen molar-refractivity contribution in [3.05, 3.63) is 0 Å². The predicted molar refractivity (Wildman–Crippen MR) is 84.9 cm³/mol. The molecule has 0 aromatic rings. The molecule has 0 spiro atoms. The number of rotatable bonds is 7. The quantitative estimate of drug-likeness (QED) is 0.652. The van der Waals surface area contributed by atoms with E-state index in [0.717, 1.165) is 6.42 Å². The zero-order chi connectivity index (χ0) is 14.3. The molecular weight excluding hydrogens is 230 g/mol. The molecule has 0 heterocycles. The first-order valence-corrected chi connectivity index (χ1v) is 8.65. The first kappa shape index (κ1) is 22.3. The van der Waals surface area contributed by atoms with Crippen LogP contribution >= 0.6 is 0 Å². The molecule has 0 radical (unpaired) electrons. The summed E-state index contributed by atoms with van der Waals surface area (Å²) in [5.41, 5.74) is 0.0212. The standard InChI is InChI=1S/C10H23NOS.2C2H6.H2/c1-5-6-7-8-9-10(2,3)11-13(4)12;2*1-2;/h11H,5-9H2,1-4H3;2*1-2H3;1H. The smallest absolute Gasteiger partial charge is 0.0888 e.